The van der Waals surface area contributed by atoms with Gasteiger partial charge in [-0.15, -0.1) is 10.2 Å². The first-order valence-corrected chi connectivity index (χ1v) is 7.57. The number of thioether (sulfide) groups is 1. The minimum absolute atomic E-state index is 0.0160. The third-order valence-electron chi connectivity index (χ3n) is 2.88. The molecule has 0 aliphatic carbocycles. The van der Waals surface area contributed by atoms with E-state index in [4.69, 9.17) is 9.84 Å². The Labute approximate surface area is 123 Å². The highest BCUT2D eigenvalue weighted by atomic mass is 32.2. The van der Waals surface area contributed by atoms with Crippen LogP contribution in [0, 0.1) is 0 Å². The number of hydrogen-bond donors (Lipinski definition) is 1. The maximum atomic E-state index is 10.7. The summed E-state index contributed by atoms with van der Waals surface area (Å²) in [4.78, 5) is 12.8. The quantitative estimate of drug-likeness (QED) is 0.689. The predicted octanol–water partition coefficient (Wildman–Crippen LogP) is 1.34. The number of likely N-dealkylation sites (N-methyl/N-ethyl adjacent to an activating group) is 1. The van der Waals surface area contributed by atoms with Gasteiger partial charge in [-0.25, -0.2) is 0 Å². The van der Waals surface area contributed by atoms with Gasteiger partial charge in [-0.3, -0.25) is 9.36 Å². The Morgan fingerprint density at radius 2 is 2.20 bits per heavy atom. The van der Waals surface area contributed by atoms with E-state index in [2.05, 4.69) is 22.0 Å². The molecule has 114 valence electrons. The van der Waals surface area contributed by atoms with Crippen LogP contribution in [0.4, 0.5) is 5.95 Å². The first-order chi connectivity index (χ1) is 9.54. The van der Waals surface area contributed by atoms with Gasteiger partial charge in [0.1, 0.15) is 0 Å². The first-order valence-electron chi connectivity index (χ1n) is 6.58. The van der Waals surface area contributed by atoms with Crippen molar-refractivity contribution in [3.05, 3.63) is 0 Å². The summed E-state index contributed by atoms with van der Waals surface area (Å²) in [5.74, 6) is -0.118. The average molecular weight is 302 g/mol. The largest absolute Gasteiger partial charge is 0.481 e. The van der Waals surface area contributed by atoms with Crippen molar-refractivity contribution < 1.29 is 14.6 Å². The van der Waals surface area contributed by atoms with E-state index in [9.17, 15) is 4.79 Å². The fraction of sp³-hybridized carbons (Fsp3) is 0.750. The van der Waals surface area contributed by atoms with Crippen LogP contribution in [-0.4, -0.2) is 57.9 Å². The molecule has 0 fully saturated rings. The van der Waals surface area contributed by atoms with Gasteiger partial charge in [0.05, 0.1) is 18.4 Å². The van der Waals surface area contributed by atoms with Crippen LogP contribution in [0.1, 0.15) is 20.8 Å². The van der Waals surface area contributed by atoms with Crippen LogP contribution >= 0.6 is 11.8 Å². The molecule has 1 rings (SSSR count). The molecule has 1 aromatic heterocycles. The van der Waals surface area contributed by atoms with E-state index >= 15 is 0 Å². The average Bonchev–Trinajstić information content (AvgIpc) is 2.80. The van der Waals surface area contributed by atoms with E-state index < -0.39 is 5.97 Å². The molecule has 1 aromatic rings. The van der Waals surface area contributed by atoms with E-state index in [-0.39, 0.29) is 11.8 Å². The lowest BCUT2D eigenvalue weighted by Gasteiger charge is -2.28. The standard InChI is InChI=1S/C12H22N4O3S/c1-5-15(9(3)7-19-4)11-13-14-12(16(11)6-2)20-8-10(17)18/h9H,5-8H2,1-4H3,(H,17,18). The van der Waals surface area contributed by atoms with Gasteiger partial charge in [0.25, 0.3) is 0 Å². The fourth-order valence-electron chi connectivity index (χ4n) is 1.98. The normalized spacial score (nSPS) is 12.4. The van der Waals surface area contributed by atoms with E-state index in [0.717, 1.165) is 12.5 Å². The molecule has 1 unspecified atom stereocenters. The molecule has 1 heterocycles. The van der Waals surface area contributed by atoms with E-state index in [0.29, 0.717) is 18.3 Å². The van der Waals surface area contributed by atoms with Crippen LogP contribution in [-0.2, 0) is 16.1 Å². The SMILES string of the molecule is CCN(c1nnc(SCC(=O)O)n1CC)C(C)COC. The second-order valence-corrected chi connectivity index (χ2v) is 5.24. The topological polar surface area (TPSA) is 80.5 Å². The van der Waals surface area contributed by atoms with Crippen LogP contribution in [0.15, 0.2) is 5.16 Å². The zero-order valence-corrected chi connectivity index (χ0v) is 13.2. The number of nitrogens with zero attached hydrogens (tertiary/aromatic N) is 4. The Kier molecular flexibility index (Phi) is 6.80. The number of ether oxygens (including phenoxy) is 1. The number of carbonyl (C=O) groups is 1. The lowest BCUT2D eigenvalue weighted by molar-refractivity contribution is -0.133. The third-order valence-corrected chi connectivity index (χ3v) is 3.83. The smallest absolute Gasteiger partial charge is 0.313 e. The number of carboxylic acids is 1. The minimum Gasteiger partial charge on any atom is -0.481 e. The molecule has 1 atom stereocenters. The molecule has 0 aliphatic heterocycles. The summed E-state index contributed by atoms with van der Waals surface area (Å²) in [6.07, 6.45) is 0. The Balaban J connectivity index is 2.95. The number of aromatic nitrogens is 3. The van der Waals surface area contributed by atoms with Crippen molar-refractivity contribution in [1.29, 1.82) is 0 Å². The van der Waals surface area contributed by atoms with Crippen molar-refractivity contribution in [2.75, 3.05) is 30.9 Å². The van der Waals surface area contributed by atoms with Gasteiger partial charge < -0.3 is 14.7 Å². The molecular formula is C12H22N4O3S. The monoisotopic (exact) mass is 302 g/mol. The van der Waals surface area contributed by atoms with Crippen LogP contribution in [0.2, 0.25) is 0 Å². The van der Waals surface area contributed by atoms with Gasteiger partial charge >= 0.3 is 5.97 Å². The Hall–Kier alpha value is -1.28. The highest BCUT2D eigenvalue weighted by Crippen LogP contribution is 2.23. The zero-order valence-electron chi connectivity index (χ0n) is 12.4. The van der Waals surface area contributed by atoms with E-state index in [1.807, 2.05) is 18.4 Å². The number of aliphatic carboxylic acids is 1. The second kappa shape index (κ2) is 8.11. The zero-order chi connectivity index (χ0) is 15.1. The van der Waals surface area contributed by atoms with Crippen molar-refractivity contribution in [3.63, 3.8) is 0 Å². The van der Waals surface area contributed by atoms with Gasteiger partial charge in [-0.1, -0.05) is 11.8 Å². The summed E-state index contributed by atoms with van der Waals surface area (Å²) in [5.41, 5.74) is 0. The van der Waals surface area contributed by atoms with E-state index in [1.165, 1.54) is 11.8 Å². The lowest BCUT2D eigenvalue weighted by Crippen LogP contribution is -2.38. The molecule has 8 heteroatoms. The summed E-state index contributed by atoms with van der Waals surface area (Å²) in [5, 5.41) is 17.7. The molecule has 0 aromatic carbocycles. The van der Waals surface area contributed by atoms with Crippen LogP contribution in [0.25, 0.3) is 0 Å². The molecule has 7 nitrogen and oxygen atoms in total. The summed E-state index contributed by atoms with van der Waals surface area (Å²) in [6, 6.07) is 0.178. The second-order valence-electron chi connectivity index (χ2n) is 4.30. The van der Waals surface area contributed by atoms with Gasteiger partial charge in [0, 0.05) is 20.2 Å². The maximum Gasteiger partial charge on any atom is 0.313 e. The summed E-state index contributed by atoms with van der Waals surface area (Å²) < 4.78 is 7.12. The number of anilines is 1. The van der Waals surface area contributed by atoms with E-state index in [1.54, 1.807) is 7.11 Å². The molecule has 20 heavy (non-hydrogen) atoms. The number of carboxylic acid groups (broad SMARTS) is 1. The van der Waals surface area contributed by atoms with Crippen molar-refractivity contribution in [2.45, 2.75) is 38.5 Å². The van der Waals surface area contributed by atoms with Crippen molar-refractivity contribution in [2.24, 2.45) is 0 Å². The highest BCUT2D eigenvalue weighted by molar-refractivity contribution is 7.99. The lowest BCUT2D eigenvalue weighted by atomic mass is 10.3. The predicted molar refractivity (Wildman–Crippen MR) is 78.4 cm³/mol. The van der Waals surface area contributed by atoms with Gasteiger partial charge in [-0.2, -0.15) is 0 Å². The number of rotatable bonds is 9. The van der Waals surface area contributed by atoms with Crippen LogP contribution in [0.3, 0.4) is 0 Å². The van der Waals surface area contributed by atoms with Gasteiger partial charge in [-0.05, 0) is 20.8 Å². The number of methoxy groups -OCH3 is 1. The maximum absolute atomic E-state index is 10.7. The Morgan fingerprint density at radius 3 is 2.70 bits per heavy atom. The molecule has 0 aliphatic rings. The Bertz CT molecular complexity index is 438. The molecule has 0 saturated carbocycles. The van der Waals surface area contributed by atoms with Gasteiger partial charge in [0.15, 0.2) is 5.16 Å². The van der Waals surface area contributed by atoms with Crippen molar-refractivity contribution in [1.82, 2.24) is 14.8 Å². The summed E-state index contributed by atoms with van der Waals surface area (Å²) >= 11 is 1.19. The minimum atomic E-state index is -0.859. The Morgan fingerprint density at radius 1 is 1.50 bits per heavy atom. The van der Waals surface area contributed by atoms with Gasteiger partial charge in [0.2, 0.25) is 5.95 Å². The fourth-order valence-corrected chi connectivity index (χ4v) is 2.70. The summed E-state index contributed by atoms with van der Waals surface area (Å²) in [6.45, 7) is 8.18. The summed E-state index contributed by atoms with van der Waals surface area (Å²) in [7, 11) is 1.67. The number of hydrogen-bond acceptors (Lipinski definition) is 6. The molecule has 0 radical (unpaired) electrons. The molecule has 0 saturated heterocycles. The molecule has 0 bridgehead atoms. The van der Waals surface area contributed by atoms with Crippen LogP contribution in [0.5, 0.6) is 0 Å². The molecule has 1 N–H and O–H groups in total. The first kappa shape index (κ1) is 16.8. The van der Waals surface area contributed by atoms with Crippen LogP contribution < -0.4 is 4.90 Å². The molecule has 0 spiro atoms. The van der Waals surface area contributed by atoms with Crippen molar-refractivity contribution >= 4 is 23.7 Å². The highest BCUT2D eigenvalue weighted by Gasteiger charge is 2.21. The molecule has 0 amide bonds. The van der Waals surface area contributed by atoms with Crippen molar-refractivity contribution in [3.8, 4) is 0 Å². The molecular weight excluding hydrogens is 280 g/mol. The third kappa shape index (κ3) is 4.11.